The average Bonchev–Trinajstić information content (AvgIpc) is 2.02. The van der Waals surface area contributed by atoms with Crippen LogP contribution in [0.3, 0.4) is 0 Å². The summed E-state index contributed by atoms with van der Waals surface area (Å²) in [6, 6.07) is 0. The fourth-order valence-electron chi connectivity index (χ4n) is 1.28. The second-order valence-electron chi connectivity index (χ2n) is 3.48. The third kappa shape index (κ3) is 15.3. The molecule has 0 aromatic carbocycles. The molecule has 0 aliphatic carbocycles. The number of rotatable bonds is 8. The molecule has 0 aliphatic rings. The molecule has 2 N–H and O–H groups in total. The standard InChI is InChI=1S/C10H22ClN.ClH/c1-10(11)8-6-4-2-3-5-7-9-12;/h10H,2-9,12H2,1H3;1H. The molecule has 0 saturated carbocycles. The lowest BCUT2D eigenvalue weighted by molar-refractivity contribution is 0.580. The summed E-state index contributed by atoms with van der Waals surface area (Å²) in [6.45, 7) is 2.91. The Hall–Kier alpha value is 0.540. The number of hydrogen-bond donors (Lipinski definition) is 1. The van der Waals surface area contributed by atoms with E-state index in [1.54, 1.807) is 0 Å². The zero-order valence-electron chi connectivity index (χ0n) is 8.60. The van der Waals surface area contributed by atoms with Crippen LogP contribution in [0.5, 0.6) is 0 Å². The smallest absolute Gasteiger partial charge is 0.0307 e. The minimum Gasteiger partial charge on any atom is -0.330 e. The minimum absolute atomic E-state index is 0. The molecule has 0 fully saturated rings. The molecule has 0 amide bonds. The lowest BCUT2D eigenvalue weighted by atomic mass is 10.1. The first kappa shape index (κ1) is 16.0. The fraction of sp³-hybridized carbons (Fsp3) is 1.00. The maximum atomic E-state index is 5.82. The van der Waals surface area contributed by atoms with Crippen LogP contribution in [-0.4, -0.2) is 11.9 Å². The van der Waals surface area contributed by atoms with E-state index in [1.807, 2.05) is 0 Å². The first-order valence-electron chi connectivity index (χ1n) is 5.11. The van der Waals surface area contributed by atoms with Crippen LogP contribution in [0.1, 0.15) is 51.9 Å². The van der Waals surface area contributed by atoms with Gasteiger partial charge in [-0.05, 0) is 26.3 Å². The first-order valence-corrected chi connectivity index (χ1v) is 5.55. The van der Waals surface area contributed by atoms with Crippen molar-refractivity contribution in [3.63, 3.8) is 0 Å². The maximum Gasteiger partial charge on any atom is 0.0307 e. The zero-order valence-corrected chi connectivity index (χ0v) is 10.2. The van der Waals surface area contributed by atoms with Gasteiger partial charge in [-0.3, -0.25) is 0 Å². The molecule has 0 saturated heterocycles. The molecule has 3 heteroatoms. The minimum atomic E-state index is 0. The summed E-state index contributed by atoms with van der Waals surface area (Å²) in [6.07, 6.45) is 8.96. The quantitative estimate of drug-likeness (QED) is 0.497. The Kier molecular flexibility index (Phi) is 15.4. The SMILES string of the molecule is CC(Cl)CCCCCCCCN.Cl. The second-order valence-corrected chi connectivity index (χ2v) is 4.22. The fourth-order valence-corrected chi connectivity index (χ4v) is 1.43. The molecular formula is C10H23Cl2N. The van der Waals surface area contributed by atoms with Crippen LogP contribution in [0.25, 0.3) is 0 Å². The summed E-state index contributed by atoms with van der Waals surface area (Å²) in [5.74, 6) is 0. The third-order valence-electron chi connectivity index (χ3n) is 2.06. The highest BCUT2D eigenvalue weighted by atomic mass is 35.5. The summed E-state index contributed by atoms with van der Waals surface area (Å²) >= 11 is 5.82. The van der Waals surface area contributed by atoms with Crippen LogP contribution in [0.4, 0.5) is 0 Å². The monoisotopic (exact) mass is 227 g/mol. The van der Waals surface area contributed by atoms with Crippen molar-refractivity contribution < 1.29 is 0 Å². The Morgan fingerprint density at radius 1 is 1.00 bits per heavy atom. The largest absolute Gasteiger partial charge is 0.330 e. The van der Waals surface area contributed by atoms with Crippen molar-refractivity contribution in [2.45, 2.75) is 57.2 Å². The van der Waals surface area contributed by atoms with Crippen molar-refractivity contribution in [1.29, 1.82) is 0 Å². The van der Waals surface area contributed by atoms with Gasteiger partial charge >= 0.3 is 0 Å². The van der Waals surface area contributed by atoms with Gasteiger partial charge in [0.1, 0.15) is 0 Å². The summed E-state index contributed by atoms with van der Waals surface area (Å²) in [5, 5.41) is 0.356. The second kappa shape index (κ2) is 12.5. The summed E-state index contributed by atoms with van der Waals surface area (Å²) in [4.78, 5) is 0. The highest BCUT2D eigenvalue weighted by Gasteiger charge is 1.95. The van der Waals surface area contributed by atoms with E-state index in [9.17, 15) is 0 Å². The van der Waals surface area contributed by atoms with Crippen LogP contribution < -0.4 is 5.73 Å². The van der Waals surface area contributed by atoms with Gasteiger partial charge in [0.2, 0.25) is 0 Å². The molecule has 1 atom stereocenters. The Labute approximate surface area is 93.8 Å². The molecular weight excluding hydrogens is 205 g/mol. The van der Waals surface area contributed by atoms with Crippen LogP contribution in [0.2, 0.25) is 0 Å². The summed E-state index contributed by atoms with van der Waals surface area (Å²) in [5.41, 5.74) is 5.39. The van der Waals surface area contributed by atoms with Crippen LogP contribution in [0.15, 0.2) is 0 Å². The third-order valence-corrected chi connectivity index (χ3v) is 2.27. The van der Waals surface area contributed by atoms with E-state index >= 15 is 0 Å². The summed E-state index contributed by atoms with van der Waals surface area (Å²) in [7, 11) is 0. The van der Waals surface area contributed by atoms with E-state index < -0.39 is 0 Å². The van der Waals surface area contributed by atoms with E-state index in [0.717, 1.165) is 6.54 Å². The van der Waals surface area contributed by atoms with Gasteiger partial charge in [0.05, 0.1) is 0 Å². The predicted octanol–water partition coefficient (Wildman–Crippen LogP) is 3.72. The molecule has 0 radical (unpaired) electrons. The van der Waals surface area contributed by atoms with Gasteiger partial charge < -0.3 is 5.73 Å². The normalized spacial score (nSPS) is 12.2. The molecule has 82 valence electrons. The van der Waals surface area contributed by atoms with E-state index in [0.29, 0.717) is 5.38 Å². The summed E-state index contributed by atoms with van der Waals surface area (Å²) < 4.78 is 0. The van der Waals surface area contributed by atoms with Crippen molar-refractivity contribution in [2.24, 2.45) is 5.73 Å². The highest BCUT2D eigenvalue weighted by Crippen LogP contribution is 2.10. The van der Waals surface area contributed by atoms with Gasteiger partial charge in [0.15, 0.2) is 0 Å². The number of nitrogens with two attached hydrogens (primary N) is 1. The maximum absolute atomic E-state index is 5.82. The number of hydrogen-bond acceptors (Lipinski definition) is 1. The van der Waals surface area contributed by atoms with E-state index in [-0.39, 0.29) is 12.4 Å². The molecule has 0 aromatic rings. The van der Waals surface area contributed by atoms with Crippen molar-refractivity contribution in [3.8, 4) is 0 Å². The molecule has 0 spiro atoms. The van der Waals surface area contributed by atoms with Gasteiger partial charge in [0.25, 0.3) is 0 Å². The molecule has 13 heavy (non-hydrogen) atoms. The van der Waals surface area contributed by atoms with Gasteiger partial charge in [-0.15, -0.1) is 24.0 Å². The number of unbranched alkanes of at least 4 members (excludes halogenated alkanes) is 5. The Bertz CT molecular complexity index is 87.0. The van der Waals surface area contributed by atoms with Crippen LogP contribution in [0, 0.1) is 0 Å². The Morgan fingerprint density at radius 3 is 1.92 bits per heavy atom. The highest BCUT2D eigenvalue weighted by molar-refractivity contribution is 6.20. The molecule has 1 nitrogen and oxygen atoms in total. The first-order chi connectivity index (χ1) is 5.77. The van der Waals surface area contributed by atoms with E-state index in [1.165, 1.54) is 44.9 Å². The van der Waals surface area contributed by atoms with Gasteiger partial charge in [-0.1, -0.05) is 32.1 Å². The van der Waals surface area contributed by atoms with Crippen molar-refractivity contribution in [2.75, 3.05) is 6.54 Å². The molecule has 0 heterocycles. The molecule has 0 bridgehead atoms. The lowest BCUT2D eigenvalue weighted by Gasteiger charge is -2.02. The topological polar surface area (TPSA) is 26.0 Å². The molecule has 0 aromatic heterocycles. The number of alkyl halides is 1. The van der Waals surface area contributed by atoms with Gasteiger partial charge in [-0.25, -0.2) is 0 Å². The Balaban J connectivity index is 0. The van der Waals surface area contributed by atoms with Crippen molar-refractivity contribution in [1.82, 2.24) is 0 Å². The predicted molar refractivity (Wildman–Crippen MR) is 63.9 cm³/mol. The molecule has 0 aliphatic heterocycles. The van der Waals surface area contributed by atoms with Crippen LogP contribution >= 0.6 is 24.0 Å². The zero-order chi connectivity index (χ0) is 9.23. The molecule has 0 rings (SSSR count). The van der Waals surface area contributed by atoms with E-state index in [4.69, 9.17) is 17.3 Å². The van der Waals surface area contributed by atoms with Crippen molar-refractivity contribution in [3.05, 3.63) is 0 Å². The lowest BCUT2D eigenvalue weighted by Crippen LogP contribution is -1.97. The van der Waals surface area contributed by atoms with Crippen LogP contribution in [-0.2, 0) is 0 Å². The Morgan fingerprint density at radius 2 is 1.46 bits per heavy atom. The van der Waals surface area contributed by atoms with Gasteiger partial charge in [-0.2, -0.15) is 0 Å². The average molecular weight is 228 g/mol. The van der Waals surface area contributed by atoms with Crippen molar-refractivity contribution >= 4 is 24.0 Å². The number of halogens is 2. The molecule has 1 unspecified atom stereocenters. The van der Waals surface area contributed by atoms with E-state index in [2.05, 4.69) is 6.92 Å². The van der Waals surface area contributed by atoms with Gasteiger partial charge in [0, 0.05) is 5.38 Å².